The number of carbonyl (C=O) groups is 10. The monoisotopic (exact) mass is 1100 g/mol. The van der Waals surface area contributed by atoms with Gasteiger partial charge in [0.1, 0.15) is 65.3 Å². The van der Waals surface area contributed by atoms with Gasteiger partial charge in [0.2, 0.25) is 41.4 Å². The Kier molecular flexibility index (Phi) is 23.5. The van der Waals surface area contributed by atoms with Crippen molar-refractivity contribution in [3.05, 3.63) is 119 Å². The molecule has 0 unspecified atom stereocenters. The Morgan fingerprint density at radius 2 is 0.646 bits per heavy atom. The van der Waals surface area contributed by atoms with Crippen LogP contribution in [-0.2, 0) is 73.6 Å². The van der Waals surface area contributed by atoms with E-state index < -0.39 is 133 Å². The number of phenols is 4. The van der Waals surface area contributed by atoms with Crippen LogP contribution in [0.1, 0.15) is 55.4 Å². The maximum Gasteiger partial charge on any atom is 0.326 e. The Morgan fingerprint density at radius 3 is 0.975 bits per heavy atom. The first-order chi connectivity index (χ1) is 37.3. The summed E-state index contributed by atoms with van der Waals surface area (Å²) in [5, 5.41) is 95.1. The fourth-order valence-electron chi connectivity index (χ4n) is 7.78. The lowest BCUT2D eigenvalue weighted by Gasteiger charge is -2.28. The Balaban J connectivity index is 1.56. The number of aliphatic carboxylic acids is 3. The summed E-state index contributed by atoms with van der Waals surface area (Å²) in [5.41, 5.74) is 7.64. The van der Waals surface area contributed by atoms with Gasteiger partial charge in [0, 0.05) is 19.3 Å². The largest absolute Gasteiger partial charge is 0.508 e. The summed E-state index contributed by atoms with van der Waals surface area (Å²) in [4.78, 5) is 133. The lowest BCUT2D eigenvalue weighted by Crippen LogP contribution is -2.61. The van der Waals surface area contributed by atoms with E-state index in [-0.39, 0.29) is 55.1 Å². The number of aliphatic hydroxyl groups is 1. The maximum atomic E-state index is 14.1. The van der Waals surface area contributed by atoms with Crippen LogP contribution in [0.2, 0.25) is 0 Å². The fourth-order valence-corrected chi connectivity index (χ4v) is 7.78. The van der Waals surface area contributed by atoms with Crippen LogP contribution in [0.3, 0.4) is 0 Å². The number of carboxylic acid groups (broad SMARTS) is 3. The molecule has 0 bridgehead atoms. The normalized spacial score (nSPS) is 14.0. The van der Waals surface area contributed by atoms with Crippen LogP contribution >= 0.6 is 0 Å². The number of carbonyl (C=O) groups excluding carboxylic acids is 7. The van der Waals surface area contributed by atoms with Crippen molar-refractivity contribution < 1.29 is 88.8 Å². The van der Waals surface area contributed by atoms with Crippen molar-refractivity contribution in [2.45, 2.75) is 107 Å². The van der Waals surface area contributed by atoms with E-state index in [2.05, 4.69) is 37.2 Å². The Hall–Kier alpha value is -9.30. The summed E-state index contributed by atoms with van der Waals surface area (Å²) in [7, 11) is 0. The lowest BCUT2D eigenvalue weighted by atomic mass is 10.0. The number of nitrogens with one attached hydrogen (secondary N) is 7. The van der Waals surface area contributed by atoms with Crippen molar-refractivity contribution in [2.24, 2.45) is 11.7 Å². The number of hydrogen-bond acceptors (Lipinski definition) is 16. The quantitative estimate of drug-likeness (QED) is 0.0285. The van der Waals surface area contributed by atoms with Crippen molar-refractivity contribution >= 4 is 59.3 Å². The van der Waals surface area contributed by atoms with Gasteiger partial charge in [-0.3, -0.25) is 43.2 Å². The highest BCUT2D eigenvalue weighted by molar-refractivity contribution is 5.99. The van der Waals surface area contributed by atoms with Crippen LogP contribution in [-0.4, -0.2) is 155 Å². The van der Waals surface area contributed by atoms with Gasteiger partial charge in [-0.15, -0.1) is 0 Å². The maximum absolute atomic E-state index is 14.1. The third-order valence-corrected chi connectivity index (χ3v) is 11.9. The van der Waals surface area contributed by atoms with Crippen LogP contribution in [0.5, 0.6) is 23.0 Å². The van der Waals surface area contributed by atoms with Crippen LogP contribution < -0.4 is 43.0 Å². The number of carboxylic acids is 3. The van der Waals surface area contributed by atoms with Gasteiger partial charge in [0.25, 0.3) is 0 Å². The van der Waals surface area contributed by atoms with Gasteiger partial charge in [-0.1, -0.05) is 62.4 Å². The molecule has 17 N–H and O–H groups in total. The third-order valence-electron chi connectivity index (χ3n) is 11.9. The average Bonchev–Trinajstić information content (AvgIpc) is 3.38. The van der Waals surface area contributed by atoms with Crippen LogP contribution in [0.15, 0.2) is 97.1 Å². The number of rotatable bonds is 30. The van der Waals surface area contributed by atoms with Gasteiger partial charge in [-0.25, -0.2) is 4.79 Å². The highest BCUT2D eigenvalue weighted by atomic mass is 16.4. The van der Waals surface area contributed by atoms with Gasteiger partial charge in [0.05, 0.1) is 25.5 Å². The molecule has 0 saturated carbocycles. The van der Waals surface area contributed by atoms with E-state index in [1.807, 2.05) is 0 Å². The zero-order valence-electron chi connectivity index (χ0n) is 42.8. The molecule has 0 aliphatic carbocycles. The number of phenolic OH excluding ortho intramolecular Hbond substituents is 4. The summed E-state index contributed by atoms with van der Waals surface area (Å²) >= 11 is 0. The molecular formula is C53H64N8O18. The average molecular weight is 1100 g/mol. The second kappa shape index (κ2) is 29.9. The molecule has 0 spiro atoms. The molecule has 0 radical (unpaired) electrons. The predicted octanol–water partition coefficient (Wildman–Crippen LogP) is -1.43. The first-order valence-electron chi connectivity index (χ1n) is 24.6. The molecule has 0 saturated heterocycles. The number of amides is 7. The second-order valence-electron chi connectivity index (χ2n) is 18.9. The SMILES string of the molecule is CC(C)C[C@H](NC(=O)[C@H](CC(=O)O)NC(=O)[C@H](Cc1ccc(O)cc1)NC(=O)[C@H](CO)NC(=O)[C@@H](N)Cc1ccc(O)cc1)C(=O)N[C@@H](CC(=O)O)C(=O)N[C@@H](Cc1ccc(O)cc1)C(=O)N[C@@H](Cc1ccc(O)cc1)C(=O)O. The van der Waals surface area contributed by atoms with E-state index in [0.29, 0.717) is 22.3 Å². The molecule has 4 aromatic carbocycles. The predicted molar refractivity (Wildman–Crippen MR) is 277 cm³/mol. The third kappa shape index (κ3) is 21.0. The van der Waals surface area contributed by atoms with Gasteiger partial charge < -0.3 is 83.8 Å². The fraction of sp³-hybridized carbons (Fsp3) is 0.358. The zero-order valence-corrected chi connectivity index (χ0v) is 42.8. The van der Waals surface area contributed by atoms with Gasteiger partial charge >= 0.3 is 17.9 Å². The van der Waals surface area contributed by atoms with Gasteiger partial charge in [-0.2, -0.15) is 0 Å². The first-order valence-corrected chi connectivity index (χ1v) is 24.6. The lowest BCUT2D eigenvalue weighted by molar-refractivity contribution is -0.143. The minimum Gasteiger partial charge on any atom is -0.508 e. The topological polar surface area (TPSA) is 443 Å². The molecule has 7 amide bonds. The number of nitrogens with two attached hydrogens (primary N) is 1. The van der Waals surface area contributed by atoms with E-state index in [1.165, 1.54) is 97.1 Å². The van der Waals surface area contributed by atoms with E-state index in [4.69, 9.17) is 5.73 Å². The zero-order chi connectivity index (χ0) is 58.5. The Morgan fingerprint density at radius 1 is 0.380 bits per heavy atom. The van der Waals surface area contributed by atoms with E-state index in [9.17, 15) is 88.8 Å². The highest BCUT2D eigenvalue weighted by Gasteiger charge is 2.36. The summed E-state index contributed by atoms with van der Waals surface area (Å²) in [6.45, 7) is 2.23. The molecule has 79 heavy (non-hydrogen) atoms. The summed E-state index contributed by atoms with van der Waals surface area (Å²) in [6.07, 6.45) is -3.51. The van der Waals surface area contributed by atoms with Crippen molar-refractivity contribution in [2.75, 3.05) is 6.61 Å². The van der Waals surface area contributed by atoms with Crippen molar-refractivity contribution in [3.63, 3.8) is 0 Å². The molecule has 26 nitrogen and oxygen atoms in total. The summed E-state index contributed by atoms with van der Waals surface area (Å²) in [6, 6.07) is 8.29. The molecule has 4 rings (SSSR count). The standard InChI is InChI=1S/C53H64N8O18/c1-27(2)19-37(47(72)58-41(25-45(69)70)51(76)56-39(22-30-7-15-34(65)16-8-30)49(74)60-42(53(78)79)23-31-9-17-35(66)18-10-31)55-50(75)40(24-44(67)68)59-48(73)38(21-29-5-13-33(64)14-6-29)57-52(77)43(26-62)61-46(71)36(54)20-28-3-11-32(63)12-4-28/h3-18,27,36-43,62-66H,19-26,54H2,1-2H3,(H,55,75)(H,56,76)(H,57,77)(H,58,72)(H,59,73)(H,60,74)(H,61,71)(H,67,68)(H,69,70)(H,78,79)/t36-,37-,38-,39-,40-,41-,42-,43-/m0/s1. The van der Waals surface area contributed by atoms with E-state index in [0.717, 1.165) is 0 Å². The molecule has 0 aliphatic heterocycles. The van der Waals surface area contributed by atoms with E-state index in [1.54, 1.807) is 13.8 Å². The number of aromatic hydroxyl groups is 4. The van der Waals surface area contributed by atoms with Crippen LogP contribution in [0.25, 0.3) is 0 Å². The smallest absolute Gasteiger partial charge is 0.326 e. The van der Waals surface area contributed by atoms with Crippen molar-refractivity contribution in [1.82, 2.24) is 37.2 Å². The molecule has 0 fully saturated rings. The van der Waals surface area contributed by atoms with Crippen molar-refractivity contribution in [3.8, 4) is 23.0 Å². The first kappa shape index (κ1) is 62.2. The van der Waals surface area contributed by atoms with Gasteiger partial charge in [-0.05, 0) is 89.5 Å². The molecule has 0 aliphatic rings. The number of hydrogen-bond donors (Lipinski definition) is 16. The van der Waals surface area contributed by atoms with Crippen molar-refractivity contribution in [1.29, 1.82) is 0 Å². The molecule has 0 heterocycles. The molecule has 8 atom stereocenters. The number of benzene rings is 4. The summed E-state index contributed by atoms with van der Waals surface area (Å²) in [5.74, 6) is -13.6. The minimum absolute atomic E-state index is 0.0356. The summed E-state index contributed by atoms with van der Waals surface area (Å²) < 4.78 is 0. The van der Waals surface area contributed by atoms with Crippen LogP contribution in [0.4, 0.5) is 0 Å². The Labute approximate surface area is 451 Å². The molecule has 26 heteroatoms. The molecule has 4 aromatic rings. The minimum atomic E-state index is -2.00. The molecule has 424 valence electrons. The molecular weight excluding hydrogens is 1040 g/mol. The van der Waals surface area contributed by atoms with Gasteiger partial charge in [0.15, 0.2) is 0 Å². The van der Waals surface area contributed by atoms with Crippen LogP contribution in [0, 0.1) is 5.92 Å². The second-order valence-corrected chi connectivity index (χ2v) is 18.9. The molecule has 0 aromatic heterocycles. The highest BCUT2D eigenvalue weighted by Crippen LogP contribution is 2.17. The number of aliphatic hydroxyl groups excluding tert-OH is 1. The Bertz CT molecular complexity index is 2780. The van der Waals surface area contributed by atoms with E-state index >= 15 is 0 Å².